The SMILES string of the molecule is CCCCc1ccc(CCCCN2C=CC3=C(CCCC3)C2)cc1. The summed E-state index contributed by atoms with van der Waals surface area (Å²) in [5.41, 5.74) is 6.35. The second kappa shape index (κ2) is 9.11. The fourth-order valence-corrected chi connectivity index (χ4v) is 3.92. The molecule has 130 valence electrons. The Morgan fingerprint density at radius 1 is 0.875 bits per heavy atom. The molecular weight excluding hydrogens is 290 g/mol. The lowest BCUT2D eigenvalue weighted by Gasteiger charge is -2.30. The van der Waals surface area contributed by atoms with Crippen LogP contribution in [0.5, 0.6) is 0 Å². The highest BCUT2D eigenvalue weighted by Gasteiger charge is 2.16. The van der Waals surface area contributed by atoms with Crippen LogP contribution in [0, 0.1) is 0 Å². The average molecular weight is 324 g/mol. The zero-order valence-electron chi connectivity index (χ0n) is 15.4. The van der Waals surface area contributed by atoms with E-state index in [9.17, 15) is 0 Å². The predicted octanol–water partition coefficient (Wildman–Crippen LogP) is 6.05. The lowest BCUT2D eigenvalue weighted by Crippen LogP contribution is -2.25. The normalized spacial score (nSPS) is 17.3. The molecule has 1 aliphatic carbocycles. The van der Waals surface area contributed by atoms with Gasteiger partial charge in [0.1, 0.15) is 0 Å². The van der Waals surface area contributed by atoms with E-state index in [2.05, 4.69) is 48.4 Å². The van der Waals surface area contributed by atoms with E-state index in [4.69, 9.17) is 0 Å². The van der Waals surface area contributed by atoms with Crippen LogP contribution in [0.4, 0.5) is 0 Å². The van der Waals surface area contributed by atoms with E-state index >= 15 is 0 Å². The summed E-state index contributed by atoms with van der Waals surface area (Å²) in [7, 11) is 0. The van der Waals surface area contributed by atoms with Gasteiger partial charge in [-0.1, -0.05) is 37.6 Å². The van der Waals surface area contributed by atoms with E-state index in [-0.39, 0.29) is 0 Å². The fourth-order valence-electron chi connectivity index (χ4n) is 3.92. The predicted molar refractivity (Wildman–Crippen MR) is 104 cm³/mol. The van der Waals surface area contributed by atoms with Gasteiger partial charge < -0.3 is 4.90 Å². The van der Waals surface area contributed by atoms with Crippen molar-refractivity contribution in [3.05, 3.63) is 58.8 Å². The van der Waals surface area contributed by atoms with Gasteiger partial charge in [-0.2, -0.15) is 0 Å². The molecular formula is C23H33N. The van der Waals surface area contributed by atoms with Crippen LogP contribution in [0.1, 0.15) is 69.4 Å². The first-order valence-corrected chi connectivity index (χ1v) is 10.1. The summed E-state index contributed by atoms with van der Waals surface area (Å²) in [5.74, 6) is 0. The second-order valence-corrected chi connectivity index (χ2v) is 7.50. The Kier molecular flexibility index (Phi) is 6.57. The third-order valence-corrected chi connectivity index (χ3v) is 5.51. The highest BCUT2D eigenvalue weighted by Crippen LogP contribution is 2.29. The van der Waals surface area contributed by atoms with Gasteiger partial charge in [-0.05, 0) is 92.3 Å². The average Bonchev–Trinajstić information content (AvgIpc) is 2.64. The Morgan fingerprint density at radius 3 is 2.33 bits per heavy atom. The van der Waals surface area contributed by atoms with Crippen molar-refractivity contribution in [1.29, 1.82) is 0 Å². The van der Waals surface area contributed by atoms with E-state index in [1.54, 1.807) is 11.1 Å². The number of benzene rings is 1. The van der Waals surface area contributed by atoms with Crippen molar-refractivity contribution in [3.63, 3.8) is 0 Å². The number of unbranched alkanes of at least 4 members (excludes halogenated alkanes) is 2. The number of hydrogen-bond acceptors (Lipinski definition) is 1. The van der Waals surface area contributed by atoms with Crippen LogP contribution in [0.15, 0.2) is 47.7 Å². The zero-order chi connectivity index (χ0) is 16.6. The highest BCUT2D eigenvalue weighted by molar-refractivity contribution is 5.31. The van der Waals surface area contributed by atoms with Crippen LogP contribution in [0.3, 0.4) is 0 Å². The number of aryl methyl sites for hydroxylation is 2. The third-order valence-electron chi connectivity index (χ3n) is 5.51. The molecule has 3 rings (SSSR count). The third kappa shape index (κ3) is 5.00. The molecule has 1 aliphatic heterocycles. The summed E-state index contributed by atoms with van der Waals surface area (Å²) < 4.78 is 0. The summed E-state index contributed by atoms with van der Waals surface area (Å²) in [6.07, 6.45) is 17.8. The molecule has 1 heteroatoms. The van der Waals surface area contributed by atoms with Crippen molar-refractivity contribution in [2.24, 2.45) is 0 Å². The lowest BCUT2D eigenvalue weighted by molar-refractivity contribution is 0.376. The van der Waals surface area contributed by atoms with Crippen molar-refractivity contribution in [2.75, 3.05) is 13.1 Å². The summed E-state index contributed by atoms with van der Waals surface area (Å²) in [6, 6.07) is 9.33. The van der Waals surface area contributed by atoms with Crippen LogP contribution in [0.2, 0.25) is 0 Å². The van der Waals surface area contributed by atoms with Crippen LogP contribution < -0.4 is 0 Å². The van der Waals surface area contributed by atoms with Gasteiger partial charge in [0.25, 0.3) is 0 Å². The largest absolute Gasteiger partial charge is 0.373 e. The van der Waals surface area contributed by atoms with E-state index in [0.717, 1.165) is 0 Å². The molecule has 0 saturated heterocycles. The fraction of sp³-hybridized carbons (Fsp3) is 0.565. The van der Waals surface area contributed by atoms with Gasteiger partial charge >= 0.3 is 0 Å². The molecule has 0 bridgehead atoms. The lowest BCUT2D eigenvalue weighted by atomic mass is 9.90. The molecule has 0 spiro atoms. The van der Waals surface area contributed by atoms with Crippen LogP contribution >= 0.6 is 0 Å². The van der Waals surface area contributed by atoms with Crippen molar-refractivity contribution < 1.29 is 0 Å². The number of allylic oxidation sites excluding steroid dienone is 2. The van der Waals surface area contributed by atoms with Crippen LogP contribution in [-0.2, 0) is 12.8 Å². The van der Waals surface area contributed by atoms with Gasteiger partial charge in [0.05, 0.1) is 0 Å². The van der Waals surface area contributed by atoms with E-state index in [1.807, 2.05) is 0 Å². The topological polar surface area (TPSA) is 3.24 Å². The summed E-state index contributed by atoms with van der Waals surface area (Å²) >= 11 is 0. The quantitative estimate of drug-likeness (QED) is 0.526. The smallest absolute Gasteiger partial charge is 0.0389 e. The van der Waals surface area contributed by atoms with Gasteiger partial charge in [0.15, 0.2) is 0 Å². The monoisotopic (exact) mass is 323 g/mol. The number of nitrogens with zero attached hydrogens (tertiary/aromatic N) is 1. The van der Waals surface area contributed by atoms with Crippen molar-refractivity contribution in [2.45, 2.75) is 71.1 Å². The molecule has 0 unspecified atom stereocenters. The highest BCUT2D eigenvalue weighted by atomic mass is 15.1. The first-order chi connectivity index (χ1) is 11.8. The number of hydrogen-bond donors (Lipinski definition) is 0. The molecule has 0 radical (unpaired) electrons. The molecule has 1 aromatic rings. The van der Waals surface area contributed by atoms with Gasteiger partial charge in [0.2, 0.25) is 0 Å². The molecule has 24 heavy (non-hydrogen) atoms. The van der Waals surface area contributed by atoms with Gasteiger partial charge in [-0.25, -0.2) is 0 Å². The molecule has 2 aliphatic rings. The second-order valence-electron chi connectivity index (χ2n) is 7.50. The standard InChI is InChI=1S/C23H33N/c1-2-3-8-20-12-14-21(15-13-20)9-6-7-17-24-18-16-22-10-4-5-11-23(22)19-24/h12-16,18H,2-11,17,19H2,1H3. The first kappa shape index (κ1) is 17.3. The molecule has 0 aromatic heterocycles. The van der Waals surface area contributed by atoms with E-state index in [0.29, 0.717) is 0 Å². The molecule has 0 saturated carbocycles. The minimum atomic E-state index is 1.19. The Morgan fingerprint density at radius 2 is 1.58 bits per heavy atom. The Bertz CT molecular complexity index is 564. The zero-order valence-corrected chi connectivity index (χ0v) is 15.4. The molecule has 0 N–H and O–H groups in total. The summed E-state index contributed by atoms with van der Waals surface area (Å²) in [6.45, 7) is 4.66. The molecule has 0 amide bonds. The first-order valence-electron chi connectivity index (χ1n) is 10.1. The number of rotatable bonds is 8. The van der Waals surface area contributed by atoms with Gasteiger partial charge in [0, 0.05) is 13.1 Å². The van der Waals surface area contributed by atoms with Crippen molar-refractivity contribution in [3.8, 4) is 0 Å². The maximum atomic E-state index is 2.53. The summed E-state index contributed by atoms with van der Waals surface area (Å²) in [4.78, 5) is 2.53. The van der Waals surface area contributed by atoms with Gasteiger partial charge in [-0.3, -0.25) is 0 Å². The molecule has 0 atom stereocenters. The van der Waals surface area contributed by atoms with Crippen molar-refractivity contribution >= 4 is 0 Å². The van der Waals surface area contributed by atoms with Crippen LogP contribution in [-0.4, -0.2) is 18.0 Å². The molecule has 1 heterocycles. The minimum absolute atomic E-state index is 1.19. The maximum absolute atomic E-state index is 2.53. The van der Waals surface area contributed by atoms with E-state index < -0.39 is 0 Å². The van der Waals surface area contributed by atoms with E-state index in [1.165, 1.54) is 88.4 Å². The Labute approximate surface area is 148 Å². The Balaban J connectivity index is 1.35. The molecule has 1 aromatic carbocycles. The van der Waals surface area contributed by atoms with Gasteiger partial charge in [-0.15, -0.1) is 0 Å². The summed E-state index contributed by atoms with van der Waals surface area (Å²) in [5, 5.41) is 0. The maximum Gasteiger partial charge on any atom is 0.0389 e. The van der Waals surface area contributed by atoms with Crippen LogP contribution in [0.25, 0.3) is 0 Å². The molecule has 0 fully saturated rings. The molecule has 1 nitrogen and oxygen atoms in total. The van der Waals surface area contributed by atoms with Crippen molar-refractivity contribution in [1.82, 2.24) is 4.90 Å². The Hall–Kier alpha value is -1.50. The minimum Gasteiger partial charge on any atom is -0.373 e.